The minimum Gasteiger partial charge on any atom is -0.368 e. The van der Waals surface area contributed by atoms with Gasteiger partial charge in [-0.25, -0.2) is 5.10 Å². The molecule has 8 nitrogen and oxygen atoms in total. The molecule has 0 aliphatic carbocycles. The molecule has 0 spiro atoms. The van der Waals surface area contributed by atoms with Crippen molar-refractivity contribution in [3.8, 4) is 0 Å². The van der Waals surface area contributed by atoms with Gasteiger partial charge >= 0.3 is 0 Å². The molecule has 4 N–H and O–H groups in total. The number of nitrogen functional groups attached to an aromatic ring is 1. The van der Waals surface area contributed by atoms with Crippen LogP contribution >= 0.6 is 11.8 Å². The summed E-state index contributed by atoms with van der Waals surface area (Å²) in [4.78, 5) is 27.1. The Morgan fingerprint density at radius 1 is 1.58 bits per heavy atom. The number of amides is 2. The van der Waals surface area contributed by atoms with Gasteiger partial charge in [-0.15, -0.1) is 5.10 Å². The minimum absolute atomic E-state index is 0.0352. The van der Waals surface area contributed by atoms with Gasteiger partial charge in [0.1, 0.15) is 5.69 Å². The molecule has 2 aromatic heterocycles. The van der Waals surface area contributed by atoms with Gasteiger partial charge in [0.2, 0.25) is 17.0 Å². The number of nitrogens with zero attached hydrogens (tertiary/aromatic N) is 3. The average molecular weight is 280 g/mol. The number of H-pyrrole nitrogens is 1. The first-order valence-electron chi connectivity index (χ1n) is 5.32. The zero-order valence-corrected chi connectivity index (χ0v) is 10.9. The van der Waals surface area contributed by atoms with Crippen molar-refractivity contribution in [3.05, 3.63) is 24.0 Å². The first-order chi connectivity index (χ1) is 9.06. The minimum atomic E-state index is -0.437. The van der Waals surface area contributed by atoms with Crippen molar-refractivity contribution in [1.29, 1.82) is 0 Å². The van der Waals surface area contributed by atoms with Gasteiger partial charge in [-0.1, -0.05) is 11.8 Å². The fraction of sp³-hybridized carbons (Fsp3) is 0.200. The summed E-state index contributed by atoms with van der Waals surface area (Å²) >= 11 is 1.09. The highest BCUT2D eigenvalue weighted by Gasteiger charge is 2.13. The molecule has 0 aromatic carbocycles. The molecule has 2 heterocycles. The summed E-state index contributed by atoms with van der Waals surface area (Å²) in [5, 5.41) is 8.86. The van der Waals surface area contributed by atoms with Crippen molar-refractivity contribution in [2.24, 2.45) is 7.05 Å². The lowest BCUT2D eigenvalue weighted by Gasteiger charge is -2.03. The standard InChI is InChI=1S/C10H12N6O2S/c1-16-4-2-3-6(16)8(18)12-7(17)5-19-10-13-9(11)14-15-10/h2-4H,5H2,1H3,(H,12,17,18)(H3,11,13,14,15). The molecule has 19 heavy (non-hydrogen) atoms. The van der Waals surface area contributed by atoms with Gasteiger partial charge in [-0.3, -0.25) is 14.9 Å². The van der Waals surface area contributed by atoms with Crippen molar-refractivity contribution in [1.82, 2.24) is 25.1 Å². The van der Waals surface area contributed by atoms with Crippen LogP contribution in [-0.2, 0) is 11.8 Å². The third-order valence-electron chi connectivity index (χ3n) is 2.24. The molecule has 100 valence electrons. The van der Waals surface area contributed by atoms with Gasteiger partial charge in [0.05, 0.1) is 5.75 Å². The Hall–Kier alpha value is -2.29. The van der Waals surface area contributed by atoms with Crippen LogP contribution in [0.15, 0.2) is 23.5 Å². The van der Waals surface area contributed by atoms with Crippen LogP contribution in [0.25, 0.3) is 0 Å². The highest BCUT2D eigenvalue weighted by Crippen LogP contribution is 2.12. The predicted molar refractivity (Wildman–Crippen MR) is 69.4 cm³/mol. The van der Waals surface area contributed by atoms with Crippen LogP contribution in [0.3, 0.4) is 0 Å². The lowest BCUT2D eigenvalue weighted by molar-refractivity contribution is -0.117. The Kier molecular flexibility index (Phi) is 3.85. The molecular weight excluding hydrogens is 268 g/mol. The summed E-state index contributed by atoms with van der Waals surface area (Å²) in [6, 6.07) is 3.36. The number of thioether (sulfide) groups is 1. The van der Waals surface area contributed by atoms with E-state index in [0.717, 1.165) is 11.8 Å². The number of carbonyl (C=O) groups is 2. The van der Waals surface area contributed by atoms with E-state index in [9.17, 15) is 9.59 Å². The molecule has 0 atom stereocenters. The molecule has 2 rings (SSSR count). The Morgan fingerprint density at radius 2 is 2.37 bits per heavy atom. The van der Waals surface area contributed by atoms with Crippen LogP contribution in [0.5, 0.6) is 0 Å². The third kappa shape index (κ3) is 3.35. The zero-order valence-electron chi connectivity index (χ0n) is 10.1. The van der Waals surface area contributed by atoms with Crippen molar-refractivity contribution in [3.63, 3.8) is 0 Å². The average Bonchev–Trinajstić information content (AvgIpc) is 2.95. The van der Waals surface area contributed by atoms with E-state index in [1.807, 2.05) is 0 Å². The predicted octanol–water partition coefficient (Wildman–Crippen LogP) is -0.226. The molecule has 0 radical (unpaired) electrons. The Labute approximate surface area is 112 Å². The monoisotopic (exact) mass is 280 g/mol. The van der Waals surface area contributed by atoms with Gasteiger partial charge in [0.25, 0.3) is 5.91 Å². The van der Waals surface area contributed by atoms with Gasteiger partial charge < -0.3 is 10.3 Å². The second-order valence-electron chi connectivity index (χ2n) is 3.67. The number of hydrogen-bond acceptors (Lipinski definition) is 6. The molecule has 0 saturated carbocycles. The summed E-state index contributed by atoms with van der Waals surface area (Å²) in [5.74, 6) is -0.636. The Morgan fingerprint density at radius 3 is 2.95 bits per heavy atom. The lowest BCUT2D eigenvalue weighted by Crippen LogP contribution is -2.32. The molecule has 2 amide bonds. The van der Waals surface area contributed by atoms with Crippen LogP contribution in [0.4, 0.5) is 5.95 Å². The summed E-state index contributed by atoms with van der Waals surface area (Å²) in [6.45, 7) is 0. The SMILES string of the molecule is Cn1cccc1C(=O)NC(=O)CSc1n[nH]c(N)n1. The van der Waals surface area contributed by atoms with Gasteiger partial charge in [-0.05, 0) is 12.1 Å². The van der Waals surface area contributed by atoms with Crippen molar-refractivity contribution in [2.75, 3.05) is 11.5 Å². The molecule has 0 fully saturated rings. The Balaban J connectivity index is 1.85. The van der Waals surface area contributed by atoms with Crippen LogP contribution in [0.1, 0.15) is 10.5 Å². The number of rotatable bonds is 4. The van der Waals surface area contributed by atoms with E-state index in [1.54, 1.807) is 29.9 Å². The second-order valence-corrected chi connectivity index (χ2v) is 4.62. The molecule has 2 aromatic rings. The van der Waals surface area contributed by atoms with E-state index >= 15 is 0 Å². The smallest absolute Gasteiger partial charge is 0.274 e. The molecule has 0 saturated heterocycles. The topological polar surface area (TPSA) is 119 Å². The number of carbonyl (C=O) groups excluding carboxylic acids is 2. The Bertz CT molecular complexity index is 605. The van der Waals surface area contributed by atoms with Gasteiger partial charge in [-0.2, -0.15) is 4.98 Å². The van der Waals surface area contributed by atoms with Crippen LogP contribution < -0.4 is 11.1 Å². The number of aromatic nitrogens is 4. The fourth-order valence-corrected chi connectivity index (χ4v) is 1.98. The fourth-order valence-electron chi connectivity index (χ4n) is 1.38. The quantitative estimate of drug-likeness (QED) is 0.666. The van der Waals surface area contributed by atoms with E-state index in [2.05, 4.69) is 20.5 Å². The maximum Gasteiger partial charge on any atom is 0.274 e. The van der Waals surface area contributed by atoms with Gasteiger partial charge in [0, 0.05) is 13.2 Å². The lowest BCUT2D eigenvalue weighted by atomic mass is 10.4. The number of hydrogen-bond donors (Lipinski definition) is 3. The molecule has 9 heteroatoms. The largest absolute Gasteiger partial charge is 0.368 e. The highest BCUT2D eigenvalue weighted by atomic mass is 32.2. The van der Waals surface area contributed by atoms with Crippen molar-refractivity contribution in [2.45, 2.75) is 5.16 Å². The van der Waals surface area contributed by atoms with E-state index < -0.39 is 11.8 Å². The van der Waals surface area contributed by atoms with Crippen LogP contribution in [0, 0.1) is 0 Å². The van der Waals surface area contributed by atoms with Crippen molar-refractivity contribution >= 4 is 29.5 Å². The third-order valence-corrected chi connectivity index (χ3v) is 3.09. The highest BCUT2D eigenvalue weighted by molar-refractivity contribution is 7.99. The summed E-state index contributed by atoms with van der Waals surface area (Å²) in [5.41, 5.74) is 5.76. The van der Waals surface area contributed by atoms with E-state index in [0.29, 0.717) is 10.9 Å². The number of anilines is 1. The number of aromatic amines is 1. The number of aryl methyl sites for hydroxylation is 1. The molecule has 0 bridgehead atoms. The summed E-state index contributed by atoms with van der Waals surface area (Å²) in [7, 11) is 1.73. The second kappa shape index (κ2) is 5.57. The van der Waals surface area contributed by atoms with Crippen LogP contribution in [0.2, 0.25) is 0 Å². The number of imide groups is 1. The normalized spacial score (nSPS) is 10.4. The molecular formula is C10H12N6O2S. The number of nitrogens with one attached hydrogen (secondary N) is 2. The summed E-state index contributed by atoms with van der Waals surface area (Å²) < 4.78 is 1.63. The number of nitrogens with two attached hydrogens (primary N) is 1. The van der Waals surface area contributed by atoms with E-state index in [1.165, 1.54) is 0 Å². The maximum atomic E-state index is 11.7. The maximum absolute atomic E-state index is 11.7. The van der Waals surface area contributed by atoms with Crippen LogP contribution in [-0.4, -0.2) is 37.3 Å². The summed E-state index contributed by atoms with van der Waals surface area (Å²) in [6.07, 6.45) is 1.73. The molecule has 0 unspecified atom stereocenters. The zero-order chi connectivity index (χ0) is 13.8. The first-order valence-corrected chi connectivity index (χ1v) is 6.31. The van der Waals surface area contributed by atoms with Gasteiger partial charge in [0.15, 0.2) is 0 Å². The first kappa shape index (κ1) is 13.1. The molecule has 0 aliphatic heterocycles. The molecule has 0 aliphatic rings. The van der Waals surface area contributed by atoms with E-state index in [-0.39, 0.29) is 11.7 Å². The van der Waals surface area contributed by atoms with Crippen molar-refractivity contribution < 1.29 is 9.59 Å². The van der Waals surface area contributed by atoms with E-state index in [4.69, 9.17) is 5.73 Å².